The van der Waals surface area contributed by atoms with Gasteiger partial charge >= 0.3 is 0 Å². The van der Waals surface area contributed by atoms with Crippen LogP contribution in [0.15, 0.2) is 83.3 Å². The first-order valence-corrected chi connectivity index (χ1v) is 9.28. The molecule has 0 unspecified atom stereocenters. The number of benzene rings is 3. The fraction of sp³-hybridized carbons (Fsp3) is 0.0870. The minimum atomic E-state index is -0.0566. The molecular formula is C23H19BrO3. The first-order chi connectivity index (χ1) is 13.2. The Bertz CT molecular complexity index is 949. The van der Waals surface area contributed by atoms with Crippen molar-refractivity contribution >= 4 is 27.8 Å². The Morgan fingerprint density at radius 2 is 1.78 bits per heavy atom. The van der Waals surface area contributed by atoms with Crippen molar-refractivity contribution in [2.75, 3.05) is 7.11 Å². The normalized spacial score (nSPS) is 10.7. The lowest BCUT2D eigenvalue weighted by Crippen LogP contribution is -1.98. The van der Waals surface area contributed by atoms with E-state index >= 15 is 0 Å². The molecule has 0 aliphatic heterocycles. The molecule has 0 fully saturated rings. The van der Waals surface area contributed by atoms with E-state index in [9.17, 15) is 4.79 Å². The summed E-state index contributed by atoms with van der Waals surface area (Å²) in [6.45, 7) is 0.446. The van der Waals surface area contributed by atoms with Gasteiger partial charge < -0.3 is 9.47 Å². The fourth-order valence-corrected chi connectivity index (χ4v) is 2.95. The molecule has 3 aromatic rings. The van der Waals surface area contributed by atoms with Crippen LogP contribution in [0.25, 0.3) is 6.08 Å². The van der Waals surface area contributed by atoms with Gasteiger partial charge in [-0.1, -0.05) is 70.5 Å². The van der Waals surface area contributed by atoms with Gasteiger partial charge in [-0.25, -0.2) is 0 Å². The van der Waals surface area contributed by atoms with Crippen LogP contribution >= 0.6 is 15.9 Å². The zero-order chi connectivity index (χ0) is 19.1. The van der Waals surface area contributed by atoms with Gasteiger partial charge in [0, 0.05) is 10.0 Å². The zero-order valence-corrected chi connectivity index (χ0v) is 16.5. The monoisotopic (exact) mass is 422 g/mol. The van der Waals surface area contributed by atoms with Crippen LogP contribution in [-0.2, 0) is 6.61 Å². The summed E-state index contributed by atoms with van der Waals surface area (Å²) in [7, 11) is 1.61. The minimum absolute atomic E-state index is 0.0566. The number of ether oxygens (including phenoxy) is 2. The van der Waals surface area contributed by atoms with E-state index in [1.54, 1.807) is 31.4 Å². The van der Waals surface area contributed by atoms with E-state index in [1.807, 2.05) is 60.7 Å². The molecule has 0 aromatic heterocycles. The molecule has 0 saturated heterocycles. The number of hydrogen-bond acceptors (Lipinski definition) is 3. The fourth-order valence-electron chi connectivity index (χ4n) is 2.55. The molecule has 0 atom stereocenters. The van der Waals surface area contributed by atoms with Crippen LogP contribution in [0.1, 0.15) is 21.5 Å². The molecule has 0 heterocycles. The first kappa shape index (κ1) is 18.9. The maximum absolute atomic E-state index is 12.3. The topological polar surface area (TPSA) is 35.5 Å². The highest BCUT2D eigenvalue weighted by Crippen LogP contribution is 2.29. The molecule has 0 bridgehead atoms. The molecule has 0 amide bonds. The van der Waals surface area contributed by atoms with Crippen molar-refractivity contribution in [3.63, 3.8) is 0 Å². The third-order valence-corrected chi connectivity index (χ3v) is 4.45. The quantitative estimate of drug-likeness (QED) is 0.349. The Hall–Kier alpha value is -2.85. The summed E-state index contributed by atoms with van der Waals surface area (Å²) in [4.78, 5) is 12.3. The predicted octanol–water partition coefficient (Wildman–Crippen LogP) is 5.93. The lowest BCUT2D eigenvalue weighted by molar-refractivity contribution is 0.104. The average Bonchev–Trinajstić information content (AvgIpc) is 2.71. The summed E-state index contributed by atoms with van der Waals surface area (Å²) in [5, 5.41) is 0. The Morgan fingerprint density at radius 1 is 0.963 bits per heavy atom. The van der Waals surface area contributed by atoms with Crippen molar-refractivity contribution in [1.82, 2.24) is 0 Å². The van der Waals surface area contributed by atoms with Crippen LogP contribution < -0.4 is 9.47 Å². The van der Waals surface area contributed by atoms with Gasteiger partial charge in [0.15, 0.2) is 17.3 Å². The second-order valence-electron chi connectivity index (χ2n) is 5.89. The number of ketones is 1. The molecule has 136 valence electrons. The van der Waals surface area contributed by atoms with Crippen molar-refractivity contribution in [2.45, 2.75) is 6.61 Å². The molecule has 3 nitrogen and oxygen atoms in total. The molecule has 3 aromatic carbocycles. The number of halogens is 1. The van der Waals surface area contributed by atoms with Crippen molar-refractivity contribution in [3.05, 3.63) is 100 Å². The molecular weight excluding hydrogens is 404 g/mol. The first-order valence-electron chi connectivity index (χ1n) is 8.48. The van der Waals surface area contributed by atoms with E-state index in [4.69, 9.17) is 9.47 Å². The summed E-state index contributed by atoms with van der Waals surface area (Å²) in [6, 6.07) is 22.8. The van der Waals surface area contributed by atoms with Crippen LogP contribution in [0.4, 0.5) is 0 Å². The van der Waals surface area contributed by atoms with E-state index in [1.165, 1.54) is 0 Å². The number of methoxy groups -OCH3 is 1. The van der Waals surface area contributed by atoms with E-state index in [0.717, 1.165) is 15.6 Å². The summed E-state index contributed by atoms with van der Waals surface area (Å²) < 4.78 is 12.2. The number of carbonyl (C=O) groups is 1. The molecule has 0 N–H and O–H groups in total. The molecule has 0 spiro atoms. The SMILES string of the molecule is COc1ccc(C=CC(=O)c2cccc(Br)c2)cc1OCc1ccccc1. The number of hydrogen-bond donors (Lipinski definition) is 0. The van der Waals surface area contributed by atoms with Crippen LogP contribution in [0, 0.1) is 0 Å². The van der Waals surface area contributed by atoms with Gasteiger partial charge in [0.05, 0.1) is 7.11 Å². The second-order valence-corrected chi connectivity index (χ2v) is 6.81. The molecule has 0 saturated carbocycles. The summed E-state index contributed by atoms with van der Waals surface area (Å²) in [6.07, 6.45) is 3.34. The predicted molar refractivity (Wildman–Crippen MR) is 111 cm³/mol. The highest BCUT2D eigenvalue weighted by Gasteiger charge is 2.06. The molecule has 0 aliphatic rings. The number of allylic oxidation sites excluding steroid dienone is 1. The standard InChI is InChI=1S/C23H19BrO3/c1-26-22-13-11-17(10-12-21(25)19-8-5-9-20(24)15-19)14-23(22)27-16-18-6-3-2-4-7-18/h2-15H,16H2,1H3. The van der Waals surface area contributed by atoms with Crippen LogP contribution in [0.3, 0.4) is 0 Å². The van der Waals surface area contributed by atoms with Gasteiger partial charge in [-0.15, -0.1) is 0 Å². The van der Waals surface area contributed by atoms with Gasteiger partial charge in [-0.2, -0.15) is 0 Å². The van der Waals surface area contributed by atoms with E-state index in [2.05, 4.69) is 15.9 Å². The maximum atomic E-state index is 12.3. The number of rotatable bonds is 7. The largest absolute Gasteiger partial charge is 0.493 e. The molecule has 27 heavy (non-hydrogen) atoms. The van der Waals surface area contributed by atoms with Gasteiger partial charge in [0.25, 0.3) is 0 Å². The molecule has 4 heteroatoms. The van der Waals surface area contributed by atoms with Crippen molar-refractivity contribution < 1.29 is 14.3 Å². The third kappa shape index (κ3) is 5.31. The van der Waals surface area contributed by atoms with Crippen molar-refractivity contribution in [3.8, 4) is 11.5 Å². The van der Waals surface area contributed by atoms with Crippen molar-refractivity contribution in [2.24, 2.45) is 0 Å². The second kappa shape index (κ2) is 9.19. The Morgan fingerprint density at radius 3 is 2.52 bits per heavy atom. The summed E-state index contributed by atoms with van der Waals surface area (Å²) in [5.74, 6) is 1.23. The average molecular weight is 423 g/mol. The zero-order valence-electron chi connectivity index (χ0n) is 14.9. The van der Waals surface area contributed by atoms with Crippen molar-refractivity contribution in [1.29, 1.82) is 0 Å². The molecule has 0 aliphatic carbocycles. The maximum Gasteiger partial charge on any atom is 0.185 e. The Balaban J connectivity index is 1.75. The van der Waals surface area contributed by atoms with Crippen LogP contribution in [0.2, 0.25) is 0 Å². The molecule has 0 radical (unpaired) electrons. The van der Waals surface area contributed by atoms with Gasteiger partial charge in [0.1, 0.15) is 6.61 Å². The van der Waals surface area contributed by atoms with E-state index < -0.39 is 0 Å². The summed E-state index contributed by atoms with van der Waals surface area (Å²) >= 11 is 3.38. The van der Waals surface area contributed by atoms with Gasteiger partial charge in [-0.05, 0) is 41.5 Å². The Kier molecular flexibility index (Phi) is 6.44. The lowest BCUT2D eigenvalue weighted by Gasteiger charge is -2.11. The van der Waals surface area contributed by atoms with E-state index in [0.29, 0.717) is 23.7 Å². The highest BCUT2D eigenvalue weighted by molar-refractivity contribution is 9.10. The van der Waals surface area contributed by atoms with Gasteiger partial charge in [-0.3, -0.25) is 4.79 Å². The van der Waals surface area contributed by atoms with E-state index in [-0.39, 0.29) is 5.78 Å². The van der Waals surface area contributed by atoms with Crippen LogP contribution in [-0.4, -0.2) is 12.9 Å². The van der Waals surface area contributed by atoms with Crippen LogP contribution in [0.5, 0.6) is 11.5 Å². The smallest absolute Gasteiger partial charge is 0.185 e. The molecule has 3 rings (SSSR count). The Labute approximate surface area is 167 Å². The number of carbonyl (C=O) groups excluding carboxylic acids is 1. The highest BCUT2D eigenvalue weighted by atomic mass is 79.9. The van der Waals surface area contributed by atoms with Gasteiger partial charge in [0.2, 0.25) is 0 Å². The minimum Gasteiger partial charge on any atom is -0.493 e. The lowest BCUT2D eigenvalue weighted by atomic mass is 10.1. The summed E-state index contributed by atoms with van der Waals surface area (Å²) in [5.41, 5.74) is 2.57. The third-order valence-electron chi connectivity index (χ3n) is 3.96.